The second-order valence-corrected chi connectivity index (χ2v) is 4.81. The summed E-state index contributed by atoms with van der Waals surface area (Å²) in [6.07, 6.45) is 0. The van der Waals surface area contributed by atoms with Crippen molar-refractivity contribution in [3.8, 4) is 0 Å². The fourth-order valence-electron chi connectivity index (χ4n) is 1.59. The molecule has 0 unspecified atom stereocenters. The van der Waals surface area contributed by atoms with E-state index < -0.39 is 0 Å². The molecule has 2 N–H and O–H groups in total. The number of anilines is 1. The Morgan fingerprint density at radius 1 is 1.26 bits per heavy atom. The Hall–Kier alpha value is -1.11. The van der Waals surface area contributed by atoms with Crippen LogP contribution in [-0.4, -0.2) is 50.3 Å². The first-order valence-corrected chi connectivity index (χ1v) is 7.36. The van der Waals surface area contributed by atoms with Crippen molar-refractivity contribution >= 4 is 22.9 Å². The zero-order chi connectivity index (χ0) is 14.1. The molecule has 0 saturated heterocycles. The van der Waals surface area contributed by atoms with Gasteiger partial charge < -0.3 is 20.1 Å². The molecule has 0 atom stereocenters. The van der Waals surface area contributed by atoms with Crippen molar-refractivity contribution in [2.45, 2.75) is 13.8 Å². The number of nitrogens with two attached hydrogens (primary N) is 1. The summed E-state index contributed by atoms with van der Waals surface area (Å²) in [5.41, 5.74) is 6.32. The normalized spacial score (nSPS) is 10.6. The number of amides is 1. The van der Waals surface area contributed by atoms with Gasteiger partial charge >= 0.3 is 0 Å². The molecule has 108 valence electrons. The van der Waals surface area contributed by atoms with Gasteiger partial charge in [0.15, 0.2) is 0 Å². The van der Waals surface area contributed by atoms with Gasteiger partial charge in [0.2, 0.25) is 0 Å². The Morgan fingerprint density at radius 3 is 2.26 bits per heavy atom. The van der Waals surface area contributed by atoms with Crippen LogP contribution < -0.4 is 5.73 Å². The summed E-state index contributed by atoms with van der Waals surface area (Å²) in [6, 6.07) is 1.75. The number of ether oxygens (including phenoxy) is 2. The van der Waals surface area contributed by atoms with E-state index in [4.69, 9.17) is 15.2 Å². The molecule has 19 heavy (non-hydrogen) atoms. The van der Waals surface area contributed by atoms with Gasteiger partial charge in [-0.25, -0.2) is 0 Å². The molecule has 0 radical (unpaired) electrons. The highest BCUT2D eigenvalue weighted by Crippen LogP contribution is 2.20. The van der Waals surface area contributed by atoms with Gasteiger partial charge in [0.1, 0.15) is 4.88 Å². The monoisotopic (exact) mass is 286 g/mol. The number of rotatable bonds is 9. The Balaban J connectivity index is 2.60. The lowest BCUT2D eigenvalue weighted by atomic mass is 10.3. The van der Waals surface area contributed by atoms with Crippen LogP contribution in [-0.2, 0) is 9.47 Å². The van der Waals surface area contributed by atoms with Crippen LogP contribution in [0, 0.1) is 0 Å². The minimum absolute atomic E-state index is 0.0492. The molecule has 0 aromatic carbocycles. The molecule has 1 aromatic heterocycles. The van der Waals surface area contributed by atoms with Crippen LogP contribution in [0.4, 0.5) is 5.69 Å². The minimum Gasteiger partial charge on any atom is -0.397 e. The molecule has 1 rings (SSSR count). The fourth-order valence-corrected chi connectivity index (χ4v) is 2.37. The van der Waals surface area contributed by atoms with E-state index in [9.17, 15) is 4.79 Å². The summed E-state index contributed by atoms with van der Waals surface area (Å²) in [4.78, 5) is 14.7. The molecular formula is C13H22N2O3S. The SMILES string of the molecule is CCOCCN(CCOCC)C(=O)c1sccc1N. The Morgan fingerprint density at radius 2 is 1.84 bits per heavy atom. The summed E-state index contributed by atoms with van der Waals surface area (Å²) in [6.45, 7) is 7.32. The third-order valence-electron chi connectivity index (χ3n) is 2.60. The van der Waals surface area contributed by atoms with Crippen molar-refractivity contribution in [3.05, 3.63) is 16.3 Å². The topological polar surface area (TPSA) is 64.8 Å². The van der Waals surface area contributed by atoms with Crippen LogP contribution in [0.3, 0.4) is 0 Å². The molecule has 0 spiro atoms. The van der Waals surface area contributed by atoms with Crippen LogP contribution >= 0.6 is 11.3 Å². The summed E-state index contributed by atoms with van der Waals surface area (Å²) < 4.78 is 10.6. The zero-order valence-corrected chi connectivity index (χ0v) is 12.4. The van der Waals surface area contributed by atoms with Crippen molar-refractivity contribution in [3.63, 3.8) is 0 Å². The average Bonchev–Trinajstić information content (AvgIpc) is 2.83. The lowest BCUT2D eigenvalue weighted by Gasteiger charge is -2.22. The van der Waals surface area contributed by atoms with Crippen LogP contribution in [0.15, 0.2) is 11.4 Å². The Labute approximate surface area is 118 Å². The van der Waals surface area contributed by atoms with Crippen molar-refractivity contribution in [2.75, 3.05) is 45.3 Å². The number of carbonyl (C=O) groups is 1. The maximum Gasteiger partial charge on any atom is 0.266 e. The van der Waals surface area contributed by atoms with E-state index in [0.29, 0.717) is 50.1 Å². The number of nitrogens with zero attached hydrogens (tertiary/aromatic N) is 1. The van der Waals surface area contributed by atoms with Crippen molar-refractivity contribution in [2.24, 2.45) is 0 Å². The van der Waals surface area contributed by atoms with Gasteiger partial charge in [-0.1, -0.05) is 0 Å². The third-order valence-corrected chi connectivity index (χ3v) is 3.51. The highest BCUT2D eigenvalue weighted by Gasteiger charge is 2.18. The van der Waals surface area contributed by atoms with Gasteiger partial charge in [0.05, 0.1) is 18.9 Å². The molecule has 0 fully saturated rings. The molecule has 0 aliphatic rings. The molecule has 1 heterocycles. The molecule has 5 nitrogen and oxygen atoms in total. The first kappa shape index (κ1) is 15.9. The summed E-state index contributed by atoms with van der Waals surface area (Å²) in [7, 11) is 0. The van der Waals surface area contributed by atoms with Gasteiger partial charge in [-0.2, -0.15) is 0 Å². The van der Waals surface area contributed by atoms with E-state index in [2.05, 4.69) is 0 Å². The van der Waals surface area contributed by atoms with Gasteiger partial charge in [-0.05, 0) is 25.3 Å². The predicted octanol–water partition coefficient (Wildman–Crippen LogP) is 1.85. The van der Waals surface area contributed by atoms with Gasteiger partial charge in [0.25, 0.3) is 5.91 Å². The molecule has 0 aliphatic heterocycles. The van der Waals surface area contributed by atoms with Crippen molar-refractivity contribution in [1.29, 1.82) is 0 Å². The van der Waals surface area contributed by atoms with Crippen LogP contribution in [0.1, 0.15) is 23.5 Å². The van der Waals surface area contributed by atoms with Crippen molar-refractivity contribution < 1.29 is 14.3 Å². The van der Waals surface area contributed by atoms with E-state index in [1.54, 1.807) is 11.0 Å². The second-order valence-electron chi connectivity index (χ2n) is 3.89. The Kier molecular flexibility index (Phi) is 7.47. The zero-order valence-electron chi connectivity index (χ0n) is 11.6. The highest BCUT2D eigenvalue weighted by atomic mass is 32.1. The van der Waals surface area contributed by atoms with E-state index in [-0.39, 0.29) is 5.91 Å². The van der Waals surface area contributed by atoms with Gasteiger partial charge in [-0.3, -0.25) is 4.79 Å². The molecule has 0 saturated carbocycles. The van der Waals surface area contributed by atoms with Crippen LogP contribution in [0.25, 0.3) is 0 Å². The minimum atomic E-state index is -0.0492. The number of thiophene rings is 1. The molecular weight excluding hydrogens is 264 g/mol. The van der Waals surface area contributed by atoms with Crippen LogP contribution in [0.2, 0.25) is 0 Å². The second kappa shape index (κ2) is 8.90. The first-order chi connectivity index (χ1) is 9.20. The van der Waals surface area contributed by atoms with Crippen LogP contribution in [0.5, 0.6) is 0 Å². The van der Waals surface area contributed by atoms with E-state index in [0.717, 1.165) is 0 Å². The number of hydrogen-bond acceptors (Lipinski definition) is 5. The molecule has 1 amide bonds. The summed E-state index contributed by atoms with van der Waals surface area (Å²) >= 11 is 1.37. The number of hydrogen-bond donors (Lipinski definition) is 1. The third kappa shape index (κ3) is 5.18. The summed E-state index contributed by atoms with van der Waals surface area (Å²) in [5, 5.41) is 1.83. The lowest BCUT2D eigenvalue weighted by Crippen LogP contribution is -2.36. The van der Waals surface area contributed by atoms with E-state index in [1.807, 2.05) is 19.2 Å². The Bertz CT molecular complexity index is 372. The molecule has 0 aliphatic carbocycles. The summed E-state index contributed by atoms with van der Waals surface area (Å²) in [5.74, 6) is -0.0492. The number of carbonyl (C=O) groups excluding carboxylic acids is 1. The standard InChI is InChI=1S/C13H22N2O3S/c1-3-17-8-6-15(7-9-18-4-2)13(16)12-11(14)5-10-19-12/h5,10H,3-4,6-9,14H2,1-2H3. The lowest BCUT2D eigenvalue weighted by molar-refractivity contribution is 0.0555. The average molecular weight is 286 g/mol. The highest BCUT2D eigenvalue weighted by molar-refractivity contribution is 7.12. The molecule has 1 aromatic rings. The maximum atomic E-state index is 12.4. The van der Waals surface area contributed by atoms with E-state index >= 15 is 0 Å². The largest absolute Gasteiger partial charge is 0.397 e. The number of nitrogen functional groups attached to an aromatic ring is 1. The maximum absolute atomic E-state index is 12.4. The quantitative estimate of drug-likeness (QED) is 0.704. The molecule has 6 heteroatoms. The fraction of sp³-hybridized carbons (Fsp3) is 0.615. The predicted molar refractivity (Wildman–Crippen MR) is 77.6 cm³/mol. The first-order valence-electron chi connectivity index (χ1n) is 6.48. The smallest absolute Gasteiger partial charge is 0.266 e. The van der Waals surface area contributed by atoms with E-state index in [1.165, 1.54) is 11.3 Å². The van der Waals surface area contributed by atoms with Gasteiger partial charge in [-0.15, -0.1) is 11.3 Å². The molecule has 0 bridgehead atoms. The van der Waals surface area contributed by atoms with Crippen molar-refractivity contribution in [1.82, 2.24) is 4.90 Å². The van der Waals surface area contributed by atoms with Gasteiger partial charge in [0, 0.05) is 26.3 Å².